The van der Waals surface area contributed by atoms with E-state index < -0.39 is 0 Å². The minimum absolute atomic E-state index is 0.292. The lowest BCUT2D eigenvalue weighted by molar-refractivity contribution is 0.173. The van der Waals surface area contributed by atoms with Crippen molar-refractivity contribution in [1.82, 2.24) is 15.1 Å². The van der Waals surface area contributed by atoms with Crippen molar-refractivity contribution in [1.29, 1.82) is 0 Å². The van der Waals surface area contributed by atoms with Gasteiger partial charge >= 0.3 is 0 Å². The quantitative estimate of drug-likeness (QED) is 0.940. The number of benzene rings is 1. The van der Waals surface area contributed by atoms with Crippen molar-refractivity contribution in [2.45, 2.75) is 20.0 Å². The van der Waals surface area contributed by atoms with Crippen LogP contribution < -0.4 is 14.8 Å². The zero-order valence-corrected chi connectivity index (χ0v) is 12.2. The summed E-state index contributed by atoms with van der Waals surface area (Å²) in [6, 6.07) is 5.90. The van der Waals surface area contributed by atoms with E-state index in [1.54, 1.807) is 4.68 Å². The molecule has 1 aromatic heterocycles. The molecule has 1 aliphatic rings. The van der Waals surface area contributed by atoms with Gasteiger partial charge in [-0.05, 0) is 13.0 Å². The van der Waals surface area contributed by atoms with Gasteiger partial charge in [-0.25, -0.2) is 0 Å². The lowest BCUT2D eigenvalue weighted by atomic mass is 10.2. The number of aryl methyl sites for hydroxylation is 2. The second-order valence-corrected chi connectivity index (χ2v) is 5.09. The normalized spacial score (nSPS) is 12.9. The number of nitrogens with one attached hydrogen (secondary N) is 1. The number of aromatic nitrogens is 2. The monoisotopic (exact) mass is 293 g/mol. The van der Waals surface area contributed by atoms with Gasteiger partial charge in [0.05, 0.1) is 5.69 Å². The second-order valence-electron chi connectivity index (χ2n) is 4.73. The Morgan fingerprint density at radius 3 is 2.95 bits per heavy atom. The number of halogens is 1. The van der Waals surface area contributed by atoms with Crippen molar-refractivity contribution in [3.8, 4) is 11.5 Å². The van der Waals surface area contributed by atoms with E-state index >= 15 is 0 Å². The molecule has 1 aromatic carbocycles. The van der Waals surface area contributed by atoms with E-state index in [4.69, 9.17) is 21.1 Å². The third kappa shape index (κ3) is 2.34. The van der Waals surface area contributed by atoms with Gasteiger partial charge in [-0.3, -0.25) is 4.68 Å². The van der Waals surface area contributed by atoms with Crippen LogP contribution in [-0.2, 0) is 20.1 Å². The summed E-state index contributed by atoms with van der Waals surface area (Å²) >= 11 is 6.21. The first kappa shape index (κ1) is 13.3. The molecule has 2 aromatic rings. The Hall–Kier alpha value is -1.72. The average molecular weight is 294 g/mol. The molecule has 5 nitrogen and oxygen atoms in total. The van der Waals surface area contributed by atoms with Gasteiger partial charge in [0, 0.05) is 31.3 Å². The van der Waals surface area contributed by atoms with Crippen LogP contribution in [0, 0.1) is 6.92 Å². The topological polar surface area (TPSA) is 48.3 Å². The van der Waals surface area contributed by atoms with Crippen molar-refractivity contribution >= 4 is 11.6 Å². The lowest BCUT2D eigenvalue weighted by Crippen LogP contribution is -2.13. The summed E-state index contributed by atoms with van der Waals surface area (Å²) in [6.07, 6.45) is 0. The van der Waals surface area contributed by atoms with Gasteiger partial charge in [0.1, 0.15) is 5.15 Å². The summed E-state index contributed by atoms with van der Waals surface area (Å²) in [4.78, 5) is 0. The molecule has 106 valence electrons. The van der Waals surface area contributed by atoms with E-state index in [1.807, 2.05) is 32.2 Å². The molecule has 0 unspecified atom stereocenters. The van der Waals surface area contributed by atoms with E-state index in [2.05, 4.69) is 10.4 Å². The van der Waals surface area contributed by atoms with Crippen LogP contribution in [0.25, 0.3) is 0 Å². The molecule has 0 radical (unpaired) electrons. The van der Waals surface area contributed by atoms with Crippen molar-refractivity contribution in [2.75, 3.05) is 6.79 Å². The Kier molecular flexibility index (Phi) is 3.54. The molecule has 0 atom stereocenters. The van der Waals surface area contributed by atoms with Gasteiger partial charge in [0.25, 0.3) is 0 Å². The van der Waals surface area contributed by atoms with Crippen LogP contribution in [0.5, 0.6) is 11.5 Å². The number of rotatable bonds is 4. The predicted octanol–water partition coefficient (Wildman–Crippen LogP) is 2.40. The highest BCUT2D eigenvalue weighted by atomic mass is 35.5. The molecule has 0 bridgehead atoms. The summed E-state index contributed by atoms with van der Waals surface area (Å²) in [7, 11) is 1.84. The van der Waals surface area contributed by atoms with E-state index in [1.165, 1.54) is 0 Å². The molecule has 1 N–H and O–H groups in total. The fraction of sp³-hybridized carbons (Fsp3) is 0.357. The van der Waals surface area contributed by atoms with E-state index in [0.29, 0.717) is 25.0 Å². The molecule has 0 fully saturated rings. The second kappa shape index (κ2) is 5.34. The van der Waals surface area contributed by atoms with Gasteiger partial charge in [-0.1, -0.05) is 23.7 Å². The van der Waals surface area contributed by atoms with Crippen molar-refractivity contribution in [2.24, 2.45) is 7.05 Å². The first-order valence-corrected chi connectivity index (χ1v) is 6.81. The standard InChI is InChI=1S/C14H16ClN3O2/c1-9-11(14(15)18(2)17-9)7-16-6-10-4-3-5-12-13(10)20-8-19-12/h3-5,16H,6-8H2,1-2H3. The van der Waals surface area contributed by atoms with Crippen LogP contribution in [0.4, 0.5) is 0 Å². The van der Waals surface area contributed by atoms with Crippen LogP contribution in [0.1, 0.15) is 16.8 Å². The molecule has 0 aliphatic carbocycles. The van der Waals surface area contributed by atoms with E-state index in [0.717, 1.165) is 28.3 Å². The van der Waals surface area contributed by atoms with Gasteiger partial charge < -0.3 is 14.8 Å². The molecule has 0 spiro atoms. The molecule has 2 heterocycles. The number of hydrogen-bond acceptors (Lipinski definition) is 4. The third-order valence-electron chi connectivity index (χ3n) is 3.37. The van der Waals surface area contributed by atoms with Gasteiger partial charge in [0.15, 0.2) is 11.5 Å². The highest BCUT2D eigenvalue weighted by Gasteiger charge is 2.17. The Bertz CT molecular complexity index is 640. The Labute approximate surface area is 122 Å². The highest BCUT2D eigenvalue weighted by molar-refractivity contribution is 6.30. The van der Waals surface area contributed by atoms with Crippen molar-refractivity contribution < 1.29 is 9.47 Å². The molecule has 0 amide bonds. The largest absolute Gasteiger partial charge is 0.454 e. The van der Waals surface area contributed by atoms with Crippen LogP contribution >= 0.6 is 11.6 Å². The maximum Gasteiger partial charge on any atom is 0.231 e. The fourth-order valence-corrected chi connectivity index (χ4v) is 2.57. The molecule has 6 heteroatoms. The van der Waals surface area contributed by atoms with Crippen LogP contribution in [-0.4, -0.2) is 16.6 Å². The van der Waals surface area contributed by atoms with Crippen LogP contribution in [0.3, 0.4) is 0 Å². The maximum absolute atomic E-state index is 6.21. The Balaban J connectivity index is 1.68. The average Bonchev–Trinajstić information content (AvgIpc) is 2.99. The number of ether oxygens (including phenoxy) is 2. The number of fused-ring (bicyclic) bond motifs is 1. The maximum atomic E-state index is 6.21. The number of para-hydroxylation sites is 1. The first-order valence-electron chi connectivity index (χ1n) is 6.43. The van der Waals surface area contributed by atoms with Gasteiger partial charge in [0.2, 0.25) is 6.79 Å². The summed E-state index contributed by atoms with van der Waals surface area (Å²) in [5.74, 6) is 1.63. The smallest absolute Gasteiger partial charge is 0.231 e. The zero-order valence-electron chi connectivity index (χ0n) is 11.4. The summed E-state index contributed by atoms with van der Waals surface area (Å²) in [6.45, 7) is 3.61. The van der Waals surface area contributed by atoms with E-state index in [9.17, 15) is 0 Å². The summed E-state index contributed by atoms with van der Waals surface area (Å²) in [5, 5.41) is 8.34. The van der Waals surface area contributed by atoms with Gasteiger partial charge in [-0.15, -0.1) is 0 Å². The third-order valence-corrected chi connectivity index (χ3v) is 3.84. The van der Waals surface area contributed by atoms with E-state index in [-0.39, 0.29) is 0 Å². The lowest BCUT2D eigenvalue weighted by Gasteiger charge is -2.07. The number of hydrogen-bond donors (Lipinski definition) is 1. The molecular weight excluding hydrogens is 278 g/mol. The molecule has 1 aliphatic heterocycles. The number of nitrogens with zero attached hydrogens (tertiary/aromatic N) is 2. The van der Waals surface area contributed by atoms with Gasteiger partial charge in [-0.2, -0.15) is 5.10 Å². The minimum atomic E-state index is 0.292. The summed E-state index contributed by atoms with van der Waals surface area (Å²) < 4.78 is 12.5. The predicted molar refractivity (Wildman–Crippen MR) is 76.1 cm³/mol. The molecule has 0 saturated heterocycles. The highest BCUT2D eigenvalue weighted by Crippen LogP contribution is 2.35. The molecule has 20 heavy (non-hydrogen) atoms. The molecular formula is C14H16ClN3O2. The first-order chi connectivity index (χ1) is 9.66. The fourth-order valence-electron chi connectivity index (χ4n) is 2.33. The van der Waals surface area contributed by atoms with Crippen LogP contribution in [0.2, 0.25) is 5.15 Å². The van der Waals surface area contributed by atoms with Crippen LogP contribution in [0.15, 0.2) is 18.2 Å². The van der Waals surface area contributed by atoms with Crippen molar-refractivity contribution in [3.05, 3.63) is 40.2 Å². The van der Waals surface area contributed by atoms with Crippen molar-refractivity contribution in [3.63, 3.8) is 0 Å². The SMILES string of the molecule is Cc1nn(C)c(Cl)c1CNCc1cccc2c1OCO2. The minimum Gasteiger partial charge on any atom is -0.454 e. The zero-order chi connectivity index (χ0) is 14.1. The Morgan fingerprint density at radius 1 is 1.35 bits per heavy atom. The molecule has 0 saturated carbocycles. The summed E-state index contributed by atoms with van der Waals surface area (Å²) in [5.41, 5.74) is 3.06. The molecule has 3 rings (SSSR count). The Morgan fingerprint density at radius 2 is 2.20 bits per heavy atom.